The maximum absolute atomic E-state index is 11.6. The Balaban J connectivity index is 2.78. The number of carbonyl (C=O) groups excluding carboxylic acids is 2. The summed E-state index contributed by atoms with van der Waals surface area (Å²) in [7, 11) is -0.674. The second kappa shape index (κ2) is 5.47. The zero-order chi connectivity index (χ0) is 14.8. The van der Waals surface area contributed by atoms with Crippen LogP contribution in [0.5, 0.6) is 0 Å². The van der Waals surface area contributed by atoms with Crippen molar-refractivity contribution in [1.82, 2.24) is 0 Å². The highest BCUT2D eigenvalue weighted by atomic mass is 28.4. The maximum Gasteiger partial charge on any atom is 0.508 e. The van der Waals surface area contributed by atoms with Gasteiger partial charge in [0.2, 0.25) is 0 Å². The van der Waals surface area contributed by atoms with Crippen molar-refractivity contribution >= 4 is 20.4 Å². The van der Waals surface area contributed by atoms with Crippen molar-refractivity contribution < 1.29 is 33.3 Å². The van der Waals surface area contributed by atoms with Gasteiger partial charge in [-0.1, -0.05) is 0 Å². The first-order valence-corrected chi connectivity index (χ1v) is 9.31. The molecule has 0 saturated carbocycles. The molecule has 8 heteroatoms. The Bertz CT molecular complexity index is 361. The Morgan fingerprint density at radius 3 is 2.53 bits per heavy atom. The third-order valence-corrected chi connectivity index (χ3v) is 3.67. The van der Waals surface area contributed by atoms with Crippen LogP contribution in [0, 0.1) is 0 Å². The van der Waals surface area contributed by atoms with E-state index in [0.717, 1.165) is 7.11 Å². The lowest BCUT2D eigenvalue weighted by molar-refractivity contribution is -0.155. The number of carbonyl (C=O) groups is 2. The molecule has 0 aromatic carbocycles. The molecule has 19 heavy (non-hydrogen) atoms. The standard InChI is InChI=1S/C11H20O7Si/c1-11(14)8(18-10(13)15-2)7(17-9(11)12)6-16-19(3,4)5/h7-8,14H,6H2,1-5H3/t7-,8-,11+/m1/s1. The van der Waals surface area contributed by atoms with Crippen molar-refractivity contribution in [2.75, 3.05) is 13.7 Å². The second-order valence-corrected chi connectivity index (χ2v) is 10.0. The molecule has 1 fully saturated rings. The third kappa shape index (κ3) is 3.92. The summed E-state index contributed by atoms with van der Waals surface area (Å²) in [5.41, 5.74) is -1.90. The van der Waals surface area contributed by atoms with Gasteiger partial charge in [-0.3, -0.25) is 0 Å². The predicted molar refractivity (Wildman–Crippen MR) is 67.1 cm³/mol. The number of cyclic esters (lactones) is 1. The molecule has 1 rings (SSSR count). The molecule has 1 heterocycles. The van der Waals surface area contributed by atoms with Gasteiger partial charge in [-0.2, -0.15) is 0 Å². The summed E-state index contributed by atoms with van der Waals surface area (Å²) in [5, 5.41) is 10.0. The highest BCUT2D eigenvalue weighted by molar-refractivity contribution is 6.69. The van der Waals surface area contributed by atoms with Crippen molar-refractivity contribution in [3.63, 3.8) is 0 Å². The highest BCUT2D eigenvalue weighted by Crippen LogP contribution is 2.29. The van der Waals surface area contributed by atoms with Crippen LogP contribution in [0.25, 0.3) is 0 Å². The van der Waals surface area contributed by atoms with Crippen LogP contribution in [0.2, 0.25) is 19.6 Å². The molecule has 1 aliphatic rings. The van der Waals surface area contributed by atoms with Crippen LogP contribution >= 0.6 is 0 Å². The number of ether oxygens (including phenoxy) is 3. The summed E-state index contributed by atoms with van der Waals surface area (Å²) in [6.45, 7) is 7.21. The Morgan fingerprint density at radius 2 is 2.05 bits per heavy atom. The van der Waals surface area contributed by atoms with Crippen LogP contribution in [0.3, 0.4) is 0 Å². The van der Waals surface area contributed by atoms with Gasteiger partial charge >= 0.3 is 12.1 Å². The third-order valence-electron chi connectivity index (χ3n) is 2.63. The van der Waals surface area contributed by atoms with Crippen molar-refractivity contribution in [2.24, 2.45) is 0 Å². The number of hydrogen-bond donors (Lipinski definition) is 1. The molecule has 1 aliphatic heterocycles. The van der Waals surface area contributed by atoms with E-state index in [1.54, 1.807) is 0 Å². The minimum Gasteiger partial charge on any atom is -0.454 e. The fourth-order valence-electron chi connectivity index (χ4n) is 1.59. The van der Waals surface area contributed by atoms with Gasteiger partial charge in [0, 0.05) is 0 Å². The largest absolute Gasteiger partial charge is 0.508 e. The monoisotopic (exact) mass is 292 g/mol. The first-order chi connectivity index (χ1) is 8.58. The van der Waals surface area contributed by atoms with Crippen molar-refractivity contribution in [3.05, 3.63) is 0 Å². The summed E-state index contributed by atoms with van der Waals surface area (Å²) in [4.78, 5) is 22.7. The van der Waals surface area contributed by atoms with Gasteiger partial charge in [-0.25, -0.2) is 9.59 Å². The lowest BCUT2D eigenvalue weighted by Gasteiger charge is -2.25. The SMILES string of the molecule is COC(=O)O[C@@H]1[C@@H](CO[Si](C)(C)C)OC(=O)[C@@]1(C)O. The van der Waals surface area contributed by atoms with E-state index in [0.29, 0.717) is 0 Å². The molecular formula is C11H20O7Si. The molecule has 0 aromatic heterocycles. The number of hydrogen-bond acceptors (Lipinski definition) is 7. The smallest absolute Gasteiger partial charge is 0.454 e. The van der Waals surface area contributed by atoms with E-state index in [-0.39, 0.29) is 6.61 Å². The average molecular weight is 292 g/mol. The predicted octanol–water partition coefficient (Wildman–Crippen LogP) is 0.666. The molecule has 0 bridgehead atoms. The van der Waals surface area contributed by atoms with E-state index < -0.39 is 38.3 Å². The van der Waals surface area contributed by atoms with E-state index in [2.05, 4.69) is 4.74 Å². The quantitative estimate of drug-likeness (QED) is 0.601. The van der Waals surface area contributed by atoms with Gasteiger partial charge < -0.3 is 23.7 Å². The van der Waals surface area contributed by atoms with Gasteiger partial charge in [0.15, 0.2) is 26.1 Å². The molecule has 0 unspecified atom stereocenters. The zero-order valence-electron chi connectivity index (χ0n) is 11.8. The van der Waals surface area contributed by atoms with E-state index in [1.165, 1.54) is 6.92 Å². The van der Waals surface area contributed by atoms with Crippen molar-refractivity contribution in [2.45, 2.75) is 44.4 Å². The van der Waals surface area contributed by atoms with Crippen LogP contribution in [0.15, 0.2) is 0 Å². The van der Waals surface area contributed by atoms with Gasteiger partial charge in [0.25, 0.3) is 0 Å². The van der Waals surface area contributed by atoms with Crippen LogP contribution in [-0.2, 0) is 23.4 Å². The normalized spacial score (nSPS) is 30.9. The lowest BCUT2D eigenvalue weighted by atomic mass is 9.98. The molecule has 0 aromatic rings. The molecule has 0 radical (unpaired) electrons. The molecule has 1 saturated heterocycles. The number of esters is 1. The minimum atomic E-state index is -1.90. The van der Waals surface area contributed by atoms with Gasteiger partial charge in [-0.05, 0) is 26.6 Å². The molecule has 0 aliphatic carbocycles. The van der Waals surface area contributed by atoms with E-state index in [1.807, 2.05) is 19.6 Å². The van der Waals surface area contributed by atoms with E-state index in [9.17, 15) is 14.7 Å². The highest BCUT2D eigenvalue weighted by Gasteiger charge is 2.56. The van der Waals surface area contributed by atoms with Crippen LogP contribution in [0.4, 0.5) is 4.79 Å². The Kier molecular flexibility index (Phi) is 4.59. The molecule has 0 spiro atoms. The average Bonchev–Trinajstić information content (AvgIpc) is 2.49. The molecule has 0 amide bonds. The summed E-state index contributed by atoms with van der Waals surface area (Å²) >= 11 is 0. The molecule has 3 atom stereocenters. The summed E-state index contributed by atoms with van der Waals surface area (Å²) in [6, 6.07) is 0. The van der Waals surface area contributed by atoms with Crippen molar-refractivity contribution in [1.29, 1.82) is 0 Å². The lowest BCUT2D eigenvalue weighted by Crippen LogP contribution is -2.47. The summed E-state index contributed by atoms with van der Waals surface area (Å²) < 4.78 is 19.9. The van der Waals surface area contributed by atoms with Gasteiger partial charge in [0.05, 0.1) is 13.7 Å². The fourth-order valence-corrected chi connectivity index (χ4v) is 2.26. The fraction of sp³-hybridized carbons (Fsp3) is 0.818. The van der Waals surface area contributed by atoms with Crippen LogP contribution in [0.1, 0.15) is 6.92 Å². The molecule has 7 nitrogen and oxygen atoms in total. The number of methoxy groups -OCH3 is 1. The first-order valence-electron chi connectivity index (χ1n) is 5.90. The second-order valence-electron chi connectivity index (χ2n) is 5.51. The summed E-state index contributed by atoms with van der Waals surface area (Å²) in [6.07, 6.45) is -2.97. The maximum atomic E-state index is 11.6. The Morgan fingerprint density at radius 1 is 1.47 bits per heavy atom. The van der Waals surface area contributed by atoms with Gasteiger partial charge in [0.1, 0.15) is 0 Å². The van der Waals surface area contributed by atoms with Crippen LogP contribution < -0.4 is 0 Å². The molecule has 110 valence electrons. The number of aliphatic hydroxyl groups is 1. The van der Waals surface area contributed by atoms with E-state index in [4.69, 9.17) is 13.9 Å². The van der Waals surface area contributed by atoms with Gasteiger partial charge in [-0.15, -0.1) is 0 Å². The topological polar surface area (TPSA) is 91.3 Å². The van der Waals surface area contributed by atoms with Crippen molar-refractivity contribution in [3.8, 4) is 0 Å². The first kappa shape index (κ1) is 15.9. The molecule has 1 N–H and O–H groups in total. The summed E-state index contributed by atoms with van der Waals surface area (Å²) in [5.74, 6) is -0.842. The molecular weight excluding hydrogens is 272 g/mol. The Hall–Kier alpha value is -1.12. The zero-order valence-corrected chi connectivity index (χ0v) is 12.8. The Labute approximate surface area is 112 Å². The number of rotatable bonds is 4. The van der Waals surface area contributed by atoms with Crippen LogP contribution in [-0.4, -0.2) is 57.1 Å². The van der Waals surface area contributed by atoms with E-state index >= 15 is 0 Å². The minimum absolute atomic E-state index is 0.0687.